The molecule has 0 aliphatic carbocycles. The third-order valence-electron chi connectivity index (χ3n) is 3.29. The van der Waals surface area contributed by atoms with Crippen molar-refractivity contribution in [2.24, 2.45) is 0 Å². The molecule has 2 atom stereocenters. The van der Waals surface area contributed by atoms with Crippen molar-refractivity contribution in [1.29, 1.82) is 0 Å². The molecule has 2 unspecified atom stereocenters. The van der Waals surface area contributed by atoms with E-state index >= 15 is 0 Å². The number of carboxylic acid groups (broad SMARTS) is 1. The molecule has 0 radical (unpaired) electrons. The van der Waals surface area contributed by atoms with Crippen LogP contribution in [0.5, 0.6) is 0 Å². The van der Waals surface area contributed by atoms with Crippen molar-refractivity contribution in [3.8, 4) is 0 Å². The first kappa shape index (κ1) is 16.9. The molecular formula is C14H25NO5. The van der Waals surface area contributed by atoms with Crippen LogP contribution >= 0.6 is 0 Å². The van der Waals surface area contributed by atoms with Crippen LogP contribution < -0.4 is 0 Å². The zero-order valence-electron chi connectivity index (χ0n) is 12.3. The van der Waals surface area contributed by atoms with Gasteiger partial charge in [-0.25, -0.2) is 0 Å². The number of ether oxygens (including phenoxy) is 2. The summed E-state index contributed by atoms with van der Waals surface area (Å²) < 4.78 is 11.1. The van der Waals surface area contributed by atoms with Crippen molar-refractivity contribution in [3.05, 3.63) is 0 Å². The number of hydrogen-bond donors (Lipinski definition) is 1. The summed E-state index contributed by atoms with van der Waals surface area (Å²) >= 11 is 0. The van der Waals surface area contributed by atoms with E-state index < -0.39 is 12.1 Å². The molecule has 1 aliphatic rings. The molecule has 116 valence electrons. The van der Waals surface area contributed by atoms with Crippen LogP contribution in [0.1, 0.15) is 39.5 Å². The number of carbonyl (C=O) groups excluding carboxylic acids is 1. The van der Waals surface area contributed by atoms with Gasteiger partial charge in [0, 0.05) is 13.2 Å². The average Bonchev–Trinajstić information content (AvgIpc) is 2.44. The van der Waals surface area contributed by atoms with Crippen molar-refractivity contribution in [2.75, 3.05) is 26.3 Å². The zero-order chi connectivity index (χ0) is 15.0. The third-order valence-corrected chi connectivity index (χ3v) is 3.29. The van der Waals surface area contributed by atoms with E-state index in [0.717, 1.165) is 32.3 Å². The Hall–Kier alpha value is -1.14. The quantitative estimate of drug-likeness (QED) is 0.728. The van der Waals surface area contributed by atoms with Crippen molar-refractivity contribution in [3.63, 3.8) is 0 Å². The highest BCUT2D eigenvalue weighted by atomic mass is 16.5. The van der Waals surface area contributed by atoms with Gasteiger partial charge in [0.2, 0.25) is 0 Å². The third kappa shape index (κ3) is 5.88. The number of aliphatic carboxylic acids is 1. The second-order valence-corrected chi connectivity index (χ2v) is 5.12. The highest BCUT2D eigenvalue weighted by molar-refractivity contribution is 5.84. The van der Waals surface area contributed by atoms with E-state index in [1.54, 1.807) is 6.92 Å². The van der Waals surface area contributed by atoms with Crippen molar-refractivity contribution >= 4 is 11.9 Å². The van der Waals surface area contributed by atoms with Crippen LogP contribution in [0.4, 0.5) is 0 Å². The van der Waals surface area contributed by atoms with Crippen LogP contribution in [0.2, 0.25) is 0 Å². The molecule has 0 aromatic heterocycles. The normalized spacial score (nSPS) is 20.4. The Morgan fingerprint density at radius 2 is 2.20 bits per heavy atom. The Morgan fingerprint density at radius 3 is 2.75 bits per heavy atom. The smallest absolute Gasteiger partial charge is 0.323 e. The highest BCUT2D eigenvalue weighted by Crippen LogP contribution is 2.13. The number of nitrogens with zero attached hydrogens (tertiary/aromatic N) is 1. The van der Waals surface area contributed by atoms with E-state index in [4.69, 9.17) is 14.6 Å². The van der Waals surface area contributed by atoms with E-state index in [0.29, 0.717) is 13.2 Å². The molecule has 1 aliphatic heterocycles. The SMILES string of the molecule is CCCN(CC(=O)O)C(=O)C(C)OCC1CCCCO1. The largest absolute Gasteiger partial charge is 0.480 e. The molecule has 0 aromatic rings. The monoisotopic (exact) mass is 287 g/mol. The minimum Gasteiger partial charge on any atom is -0.480 e. The summed E-state index contributed by atoms with van der Waals surface area (Å²) in [6.07, 6.45) is 3.29. The van der Waals surface area contributed by atoms with Gasteiger partial charge in [-0.05, 0) is 32.6 Å². The lowest BCUT2D eigenvalue weighted by molar-refractivity contribution is -0.152. The summed E-state index contributed by atoms with van der Waals surface area (Å²) in [5.74, 6) is -1.28. The number of rotatable bonds is 8. The number of carboxylic acids is 1. The summed E-state index contributed by atoms with van der Waals surface area (Å²) in [6.45, 7) is 4.86. The molecule has 0 aromatic carbocycles. The van der Waals surface area contributed by atoms with Gasteiger partial charge in [0.15, 0.2) is 0 Å². The lowest BCUT2D eigenvalue weighted by Crippen LogP contribution is -2.43. The second-order valence-electron chi connectivity index (χ2n) is 5.12. The molecule has 1 N–H and O–H groups in total. The predicted octanol–water partition coefficient (Wildman–Crippen LogP) is 1.28. The summed E-state index contributed by atoms with van der Waals surface area (Å²) in [5, 5.41) is 8.82. The van der Waals surface area contributed by atoms with Gasteiger partial charge in [-0.3, -0.25) is 9.59 Å². The van der Waals surface area contributed by atoms with Gasteiger partial charge in [0.25, 0.3) is 5.91 Å². The van der Waals surface area contributed by atoms with Crippen molar-refractivity contribution in [2.45, 2.75) is 51.7 Å². The summed E-state index contributed by atoms with van der Waals surface area (Å²) in [7, 11) is 0. The van der Waals surface area contributed by atoms with Gasteiger partial charge in [0.1, 0.15) is 12.6 Å². The standard InChI is InChI=1S/C14H25NO5/c1-3-7-15(9-13(16)17)14(18)11(2)20-10-12-6-4-5-8-19-12/h11-12H,3-10H2,1-2H3,(H,16,17). The highest BCUT2D eigenvalue weighted by Gasteiger charge is 2.24. The van der Waals surface area contributed by atoms with Crippen LogP contribution in [-0.4, -0.2) is 60.4 Å². The van der Waals surface area contributed by atoms with E-state index in [-0.39, 0.29) is 18.6 Å². The topological polar surface area (TPSA) is 76.1 Å². The first-order valence-electron chi connectivity index (χ1n) is 7.28. The van der Waals surface area contributed by atoms with Crippen molar-refractivity contribution in [1.82, 2.24) is 4.90 Å². The number of amides is 1. The summed E-state index contributed by atoms with van der Waals surface area (Å²) in [4.78, 5) is 24.2. The van der Waals surface area contributed by atoms with Crippen LogP contribution in [0.25, 0.3) is 0 Å². The summed E-state index contributed by atoms with van der Waals surface area (Å²) in [5.41, 5.74) is 0. The molecule has 0 saturated carbocycles. The minimum absolute atomic E-state index is 0.0538. The molecule has 1 amide bonds. The Bertz CT molecular complexity index is 315. The molecule has 20 heavy (non-hydrogen) atoms. The number of hydrogen-bond acceptors (Lipinski definition) is 4. The average molecular weight is 287 g/mol. The maximum absolute atomic E-state index is 12.1. The minimum atomic E-state index is -1.00. The van der Waals surface area contributed by atoms with Gasteiger partial charge >= 0.3 is 5.97 Å². The Morgan fingerprint density at radius 1 is 1.45 bits per heavy atom. The maximum atomic E-state index is 12.1. The Labute approximate surface area is 120 Å². The Balaban J connectivity index is 2.39. The van der Waals surface area contributed by atoms with Gasteiger partial charge in [-0.2, -0.15) is 0 Å². The second kappa shape index (κ2) is 8.92. The van der Waals surface area contributed by atoms with Gasteiger partial charge in [0.05, 0.1) is 12.7 Å². The van der Waals surface area contributed by atoms with E-state index in [1.165, 1.54) is 4.90 Å². The fourth-order valence-corrected chi connectivity index (χ4v) is 2.22. The first-order chi connectivity index (χ1) is 9.54. The molecule has 1 saturated heterocycles. The predicted molar refractivity (Wildman–Crippen MR) is 73.5 cm³/mol. The van der Waals surface area contributed by atoms with E-state index in [9.17, 15) is 9.59 Å². The summed E-state index contributed by atoms with van der Waals surface area (Å²) in [6, 6.07) is 0. The molecule has 6 heteroatoms. The first-order valence-corrected chi connectivity index (χ1v) is 7.28. The molecule has 0 spiro atoms. The molecular weight excluding hydrogens is 262 g/mol. The van der Waals surface area contributed by atoms with Gasteiger partial charge in [-0.1, -0.05) is 6.92 Å². The Kier molecular flexibility index (Phi) is 7.54. The van der Waals surface area contributed by atoms with E-state index in [1.807, 2.05) is 6.92 Å². The van der Waals surface area contributed by atoms with Crippen LogP contribution in [0.15, 0.2) is 0 Å². The van der Waals surface area contributed by atoms with Crippen LogP contribution in [0.3, 0.4) is 0 Å². The maximum Gasteiger partial charge on any atom is 0.323 e. The zero-order valence-corrected chi connectivity index (χ0v) is 12.3. The van der Waals surface area contributed by atoms with Crippen LogP contribution in [-0.2, 0) is 19.1 Å². The molecule has 1 rings (SSSR count). The van der Waals surface area contributed by atoms with Crippen molar-refractivity contribution < 1.29 is 24.2 Å². The molecule has 1 heterocycles. The lowest BCUT2D eigenvalue weighted by atomic mass is 10.1. The van der Waals surface area contributed by atoms with Gasteiger partial charge in [-0.15, -0.1) is 0 Å². The van der Waals surface area contributed by atoms with Crippen LogP contribution in [0, 0.1) is 0 Å². The molecule has 1 fully saturated rings. The van der Waals surface area contributed by atoms with Gasteiger partial charge < -0.3 is 19.5 Å². The fraction of sp³-hybridized carbons (Fsp3) is 0.857. The van der Waals surface area contributed by atoms with E-state index in [2.05, 4.69) is 0 Å². The fourth-order valence-electron chi connectivity index (χ4n) is 2.22. The molecule has 0 bridgehead atoms. The lowest BCUT2D eigenvalue weighted by Gasteiger charge is -2.26. The molecule has 6 nitrogen and oxygen atoms in total. The number of carbonyl (C=O) groups is 2.